The van der Waals surface area contributed by atoms with Crippen LogP contribution in [0.5, 0.6) is 0 Å². The van der Waals surface area contributed by atoms with E-state index >= 15 is 0 Å². The van der Waals surface area contributed by atoms with Crippen molar-refractivity contribution in [3.8, 4) is 0 Å². The summed E-state index contributed by atoms with van der Waals surface area (Å²) in [7, 11) is 0. The van der Waals surface area contributed by atoms with Crippen LogP contribution in [0.15, 0.2) is 17.2 Å². The van der Waals surface area contributed by atoms with E-state index < -0.39 is 5.43 Å². The van der Waals surface area contributed by atoms with Crippen LogP contribution in [0, 0.1) is 5.92 Å². The van der Waals surface area contributed by atoms with Crippen molar-refractivity contribution in [3.63, 3.8) is 0 Å². The molecule has 180 valence electrons. The third-order valence-electron chi connectivity index (χ3n) is 8.21. The Hall–Kier alpha value is -2.15. The van der Waals surface area contributed by atoms with Gasteiger partial charge in [-0.1, -0.05) is 32.1 Å². The minimum Gasteiger partial charge on any atom is -0.352 e. The molecule has 7 nitrogen and oxygen atoms in total. The topological polar surface area (TPSA) is 74.7 Å². The number of nitrogens with one attached hydrogen (secondary N) is 1. The summed E-state index contributed by atoms with van der Waals surface area (Å²) in [6.45, 7) is 3.65. The van der Waals surface area contributed by atoms with Crippen molar-refractivity contribution < 1.29 is 9.59 Å². The van der Waals surface area contributed by atoms with Crippen LogP contribution in [0.2, 0.25) is 0 Å². The SMILES string of the molecule is O=C(NCC1CCCCC1)c1cn(C2CC2)cc(C(=O)N2CCN(C3CCCC3)CC2)c1=O. The van der Waals surface area contributed by atoms with Crippen LogP contribution < -0.4 is 10.7 Å². The second kappa shape index (κ2) is 10.00. The predicted octanol–water partition coefficient (Wildman–Crippen LogP) is 3.19. The van der Waals surface area contributed by atoms with Crippen LogP contribution in [0.3, 0.4) is 0 Å². The monoisotopic (exact) mass is 454 g/mol. The van der Waals surface area contributed by atoms with E-state index in [1.165, 1.54) is 44.9 Å². The molecule has 4 aliphatic rings. The van der Waals surface area contributed by atoms with Gasteiger partial charge in [-0.2, -0.15) is 0 Å². The number of pyridine rings is 1. The van der Waals surface area contributed by atoms with Crippen LogP contribution in [0.1, 0.15) is 97.4 Å². The fourth-order valence-corrected chi connectivity index (χ4v) is 5.95. The number of hydrogen-bond donors (Lipinski definition) is 1. The number of rotatable bonds is 6. The maximum absolute atomic E-state index is 13.4. The normalized spacial score (nSPS) is 23.1. The Morgan fingerprint density at radius 3 is 2.09 bits per heavy atom. The lowest BCUT2D eigenvalue weighted by Gasteiger charge is -2.38. The molecule has 4 fully saturated rings. The number of carbonyl (C=O) groups excluding carboxylic acids is 2. The molecule has 33 heavy (non-hydrogen) atoms. The second-order valence-electron chi connectivity index (χ2n) is 10.6. The molecule has 1 aromatic heterocycles. The Morgan fingerprint density at radius 1 is 0.788 bits per heavy atom. The van der Waals surface area contributed by atoms with Crippen molar-refractivity contribution >= 4 is 11.8 Å². The quantitative estimate of drug-likeness (QED) is 0.716. The molecule has 1 saturated heterocycles. The van der Waals surface area contributed by atoms with Gasteiger partial charge in [-0.3, -0.25) is 19.3 Å². The largest absolute Gasteiger partial charge is 0.352 e. The fraction of sp³-hybridized carbons (Fsp3) is 0.731. The Bertz CT molecular complexity index is 918. The highest BCUT2D eigenvalue weighted by Gasteiger charge is 2.32. The van der Waals surface area contributed by atoms with Gasteiger partial charge in [0.25, 0.3) is 11.8 Å². The van der Waals surface area contributed by atoms with E-state index in [9.17, 15) is 14.4 Å². The Morgan fingerprint density at radius 2 is 1.42 bits per heavy atom. The molecule has 1 aliphatic heterocycles. The first-order chi connectivity index (χ1) is 16.1. The summed E-state index contributed by atoms with van der Waals surface area (Å²) >= 11 is 0. The van der Waals surface area contributed by atoms with Crippen molar-refractivity contribution in [3.05, 3.63) is 33.7 Å². The minimum absolute atomic E-state index is 0.119. The molecule has 0 aromatic carbocycles. The summed E-state index contributed by atoms with van der Waals surface area (Å²) in [5, 5.41) is 2.99. The van der Waals surface area contributed by atoms with Gasteiger partial charge >= 0.3 is 0 Å². The average Bonchev–Trinajstić information content (AvgIpc) is 3.56. The summed E-state index contributed by atoms with van der Waals surface area (Å²) in [5.41, 5.74) is -0.147. The van der Waals surface area contributed by atoms with Crippen LogP contribution >= 0.6 is 0 Å². The molecule has 1 N–H and O–H groups in total. The van der Waals surface area contributed by atoms with Crippen LogP contribution in [0.25, 0.3) is 0 Å². The van der Waals surface area contributed by atoms with Crippen molar-refractivity contribution in [1.82, 2.24) is 19.7 Å². The molecule has 0 bridgehead atoms. The molecule has 0 unspecified atom stereocenters. The van der Waals surface area contributed by atoms with E-state index in [0.29, 0.717) is 37.6 Å². The third-order valence-corrected chi connectivity index (χ3v) is 8.21. The summed E-state index contributed by atoms with van der Waals surface area (Å²) < 4.78 is 1.93. The molecule has 7 heteroatoms. The van der Waals surface area contributed by atoms with E-state index in [1.54, 1.807) is 12.4 Å². The maximum atomic E-state index is 13.4. The van der Waals surface area contributed by atoms with E-state index in [4.69, 9.17) is 0 Å². The maximum Gasteiger partial charge on any atom is 0.259 e. The Kier molecular flexibility index (Phi) is 6.86. The zero-order chi connectivity index (χ0) is 22.8. The van der Waals surface area contributed by atoms with Crippen LogP contribution in [0.4, 0.5) is 0 Å². The van der Waals surface area contributed by atoms with Gasteiger partial charge in [-0.05, 0) is 44.4 Å². The van der Waals surface area contributed by atoms with Crippen molar-refractivity contribution in [2.24, 2.45) is 5.92 Å². The number of amides is 2. The smallest absolute Gasteiger partial charge is 0.259 e. The number of nitrogens with zero attached hydrogens (tertiary/aromatic N) is 3. The highest BCUT2D eigenvalue weighted by molar-refractivity contribution is 5.99. The zero-order valence-electron chi connectivity index (χ0n) is 19.8. The first kappa shape index (κ1) is 22.6. The van der Waals surface area contributed by atoms with Gasteiger partial charge in [-0.25, -0.2) is 0 Å². The number of piperazine rings is 1. The number of hydrogen-bond acceptors (Lipinski definition) is 4. The van der Waals surface area contributed by atoms with Gasteiger partial charge in [-0.15, -0.1) is 0 Å². The minimum atomic E-state index is -0.420. The van der Waals surface area contributed by atoms with Gasteiger partial charge < -0.3 is 14.8 Å². The summed E-state index contributed by atoms with van der Waals surface area (Å²) in [6.07, 6.45) is 16.5. The molecule has 5 rings (SSSR count). The number of carbonyl (C=O) groups is 2. The summed E-state index contributed by atoms with van der Waals surface area (Å²) in [6, 6.07) is 0.951. The van der Waals surface area contributed by atoms with E-state index in [1.807, 2.05) is 9.47 Å². The first-order valence-electron chi connectivity index (χ1n) is 13.2. The molecule has 0 radical (unpaired) electrons. The molecule has 0 spiro atoms. The first-order valence-corrected chi connectivity index (χ1v) is 13.2. The average molecular weight is 455 g/mol. The lowest BCUT2D eigenvalue weighted by molar-refractivity contribution is 0.0571. The van der Waals surface area contributed by atoms with Crippen LogP contribution in [-0.2, 0) is 0 Å². The lowest BCUT2D eigenvalue weighted by atomic mass is 9.89. The highest BCUT2D eigenvalue weighted by Crippen LogP contribution is 2.34. The fourth-order valence-electron chi connectivity index (χ4n) is 5.95. The molecule has 2 heterocycles. The standard InChI is InChI=1S/C26H38N4O3/c31-24-22(25(32)27-16-19-6-2-1-3-7-19)17-30(21-10-11-21)18-23(24)26(33)29-14-12-28(13-15-29)20-8-4-5-9-20/h17-21H,1-16H2,(H,27,32). The molecule has 2 amide bonds. The van der Waals surface area contributed by atoms with Crippen LogP contribution in [-0.4, -0.2) is 64.9 Å². The van der Waals surface area contributed by atoms with E-state index in [2.05, 4.69) is 10.2 Å². The highest BCUT2D eigenvalue weighted by atomic mass is 16.2. The van der Waals surface area contributed by atoms with Crippen molar-refractivity contribution in [2.45, 2.75) is 82.7 Å². The molecular weight excluding hydrogens is 416 g/mol. The van der Waals surface area contributed by atoms with Crippen molar-refractivity contribution in [1.29, 1.82) is 0 Å². The molecule has 3 aliphatic carbocycles. The van der Waals surface area contributed by atoms with E-state index in [0.717, 1.165) is 38.8 Å². The predicted molar refractivity (Wildman–Crippen MR) is 128 cm³/mol. The number of aromatic nitrogens is 1. The zero-order valence-corrected chi connectivity index (χ0v) is 19.8. The lowest BCUT2D eigenvalue weighted by Crippen LogP contribution is -2.52. The van der Waals surface area contributed by atoms with E-state index in [-0.39, 0.29) is 22.9 Å². The summed E-state index contributed by atoms with van der Waals surface area (Å²) in [4.78, 5) is 44.0. The second-order valence-corrected chi connectivity index (χ2v) is 10.6. The Labute approximate surface area is 196 Å². The molecule has 1 aromatic rings. The molecule has 0 atom stereocenters. The van der Waals surface area contributed by atoms with Crippen molar-refractivity contribution in [2.75, 3.05) is 32.7 Å². The molecule has 3 saturated carbocycles. The van der Waals surface area contributed by atoms with Gasteiger partial charge in [0.1, 0.15) is 11.1 Å². The van der Waals surface area contributed by atoms with Gasteiger partial charge in [0.05, 0.1) is 0 Å². The van der Waals surface area contributed by atoms with Gasteiger partial charge in [0.15, 0.2) is 0 Å². The third kappa shape index (κ3) is 5.18. The Balaban J connectivity index is 1.29. The molecular formula is C26H38N4O3. The van der Waals surface area contributed by atoms with Gasteiger partial charge in [0, 0.05) is 57.2 Å². The summed E-state index contributed by atoms with van der Waals surface area (Å²) in [5.74, 6) is -0.0579. The van der Waals surface area contributed by atoms with Gasteiger partial charge in [0.2, 0.25) is 5.43 Å².